The maximum absolute atomic E-state index is 12.5. The van der Waals surface area contributed by atoms with E-state index in [2.05, 4.69) is 10.6 Å². The molecule has 1 heterocycles. The van der Waals surface area contributed by atoms with Crippen LogP contribution in [0.15, 0.2) is 30.3 Å². The number of hydrogen-bond acceptors (Lipinski definition) is 4. The Hall–Kier alpha value is -2.12. The molecular formula is C17H23ClN4O3. The van der Waals surface area contributed by atoms with Gasteiger partial charge in [0.05, 0.1) is 0 Å². The van der Waals surface area contributed by atoms with Crippen molar-refractivity contribution in [2.45, 2.75) is 37.3 Å². The predicted molar refractivity (Wildman–Crippen MR) is 95.1 cm³/mol. The number of carbonyl (C=O) groups is 3. The third-order valence-corrected chi connectivity index (χ3v) is 4.75. The second-order valence-electron chi connectivity index (χ2n) is 6.43. The van der Waals surface area contributed by atoms with Gasteiger partial charge in [0.15, 0.2) is 0 Å². The lowest BCUT2D eigenvalue weighted by Gasteiger charge is -2.20. The number of rotatable bonds is 5. The van der Waals surface area contributed by atoms with E-state index in [1.807, 2.05) is 30.3 Å². The summed E-state index contributed by atoms with van der Waals surface area (Å²) in [6.45, 7) is -0.0223. The highest BCUT2D eigenvalue weighted by molar-refractivity contribution is 6.09. The van der Waals surface area contributed by atoms with E-state index in [1.54, 1.807) is 0 Å². The number of benzene rings is 1. The summed E-state index contributed by atoms with van der Waals surface area (Å²) in [7, 11) is 0. The van der Waals surface area contributed by atoms with Gasteiger partial charge in [-0.15, -0.1) is 12.4 Å². The first-order valence-corrected chi connectivity index (χ1v) is 8.23. The van der Waals surface area contributed by atoms with E-state index in [0.29, 0.717) is 12.8 Å². The van der Waals surface area contributed by atoms with Crippen LogP contribution in [0.4, 0.5) is 4.79 Å². The van der Waals surface area contributed by atoms with Crippen LogP contribution < -0.4 is 16.4 Å². The number of imide groups is 1. The number of amides is 4. The summed E-state index contributed by atoms with van der Waals surface area (Å²) in [5.74, 6) is -0.674. The first-order chi connectivity index (χ1) is 11.5. The molecule has 2 fully saturated rings. The fourth-order valence-electron chi connectivity index (χ4n) is 3.38. The van der Waals surface area contributed by atoms with Gasteiger partial charge in [0.25, 0.3) is 5.91 Å². The summed E-state index contributed by atoms with van der Waals surface area (Å²) < 4.78 is 0. The van der Waals surface area contributed by atoms with E-state index in [4.69, 9.17) is 5.73 Å². The highest BCUT2D eigenvalue weighted by Crippen LogP contribution is 2.34. The number of nitrogens with two attached hydrogens (primary N) is 1. The van der Waals surface area contributed by atoms with Crippen LogP contribution in [-0.4, -0.2) is 41.4 Å². The Morgan fingerprint density at radius 2 is 1.88 bits per heavy atom. The fourth-order valence-corrected chi connectivity index (χ4v) is 3.38. The summed E-state index contributed by atoms with van der Waals surface area (Å²) in [4.78, 5) is 37.6. The van der Waals surface area contributed by atoms with Crippen molar-refractivity contribution in [3.05, 3.63) is 35.9 Å². The van der Waals surface area contributed by atoms with Crippen LogP contribution in [0.3, 0.4) is 0 Å². The average Bonchev–Trinajstić information content (AvgIpc) is 3.14. The molecule has 1 saturated heterocycles. The maximum atomic E-state index is 12.5. The van der Waals surface area contributed by atoms with E-state index in [-0.39, 0.29) is 43.4 Å². The minimum Gasteiger partial charge on any atom is -0.353 e. The lowest BCUT2D eigenvalue weighted by molar-refractivity contribution is -0.134. The molecule has 7 nitrogen and oxygen atoms in total. The number of carbonyl (C=O) groups excluding carboxylic acids is 3. The van der Waals surface area contributed by atoms with Gasteiger partial charge in [-0.2, -0.15) is 0 Å². The molecule has 0 aromatic heterocycles. The van der Waals surface area contributed by atoms with Gasteiger partial charge >= 0.3 is 6.03 Å². The van der Waals surface area contributed by atoms with Crippen LogP contribution in [0, 0.1) is 0 Å². The zero-order valence-electron chi connectivity index (χ0n) is 13.9. The molecule has 4 amide bonds. The molecule has 1 aromatic carbocycles. The molecule has 4 N–H and O–H groups in total. The molecular weight excluding hydrogens is 344 g/mol. The molecule has 136 valence electrons. The van der Waals surface area contributed by atoms with Crippen molar-refractivity contribution in [2.24, 2.45) is 5.73 Å². The monoisotopic (exact) mass is 366 g/mol. The summed E-state index contributed by atoms with van der Waals surface area (Å²) in [6, 6.07) is 8.61. The van der Waals surface area contributed by atoms with Crippen molar-refractivity contribution in [3.8, 4) is 0 Å². The molecule has 8 heteroatoms. The normalized spacial score (nSPS) is 19.5. The standard InChI is InChI=1S/C17H22N4O3.ClH/c18-13(12-6-2-1-3-7-12)10-19-14(22)11-21-15(23)17(20-16(21)24)8-4-5-9-17;/h1-3,6-7,13H,4-5,8-11,18H2,(H,19,22)(H,20,24);1H. The van der Waals surface area contributed by atoms with Gasteiger partial charge in [0.1, 0.15) is 12.1 Å². The molecule has 1 atom stereocenters. The zero-order chi connectivity index (χ0) is 17.2. The van der Waals surface area contributed by atoms with Crippen molar-refractivity contribution in [1.82, 2.24) is 15.5 Å². The van der Waals surface area contributed by atoms with Crippen molar-refractivity contribution in [2.75, 3.05) is 13.1 Å². The molecule has 0 radical (unpaired) electrons. The molecule has 1 saturated carbocycles. The Labute approximate surface area is 152 Å². The summed E-state index contributed by atoms with van der Waals surface area (Å²) in [5, 5.41) is 5.45. The number of hydrogen-bond donors (Lipinski definition) is 3. The molecule has 1 aliphatic heterocycles. The molecule has 25 heavy (non-hydrogen) atoms. The smallest absolute Gasteiger partial charge is 0.325 e. The third-order valence-electron chi connectivity index (χ3n) is 4.75. The molecule has 2 aliphatic rings. The number of nitrogens with zero attached hydrogens (tertiary/aromatic N) is 1. The molecule has 1 unspecified atom stereocenters. The number of halogens is 1. The van der Waals surface area contributed by atoms with Crippen LogP contribution in [0.2, 0.25) is 0 Å². The van der Waals surface area contributed by atoms with Crippen molar-refractivity contribution in [1.29, 1.82) is 0 Å². The molecule has 1 spiro atoms. The average molecular weight is 367 g/mol. The Balaban J connectivity index is 0.00000225. The van der Waals surface area contributed by atoms with Gasteiger partial charge in [0.2, 0.25) is 5.91 Å². The van der Waals surface area contributed by atoms with Crippen LogP contribution in [-0.2, 0) is 9.59 Å². The van der Waals surface area contributed by atoms with E-state index in [1.165, 1.54) is 0 Å². The zero-order valence-corrected chi connectivity index (χ0v) is 14.7. The van der Waals surface area contributed by atoms with Gasteiger partial charge < -0.3 is 16.4 Å². The van der Waals surface area contributed by atoms with E-state index in [9.17, 15) is 14.4 Å². The van der Waals surface area contributed by atoms with Gasteiger partial charge in [-0.3, -0.25) is 14.5 Å². The van der Waals surface area contributed by atoms with E-state index in [0.717, 1.165) is 23.3 Å². The highest BCUT2D eigenvalue weighted by atomic mass is 35.5. The third kappa shape index (κ3) is 3.93. The van der Waals surface area contributed by atoms with Crippen LogP contribution in [0.1, 0.15) is 37.3 Å². The maximum Gasteiger partial charge on any atom is 0.325 e. The van der Waals surface area contributed by atoms with Crippen LogP contribution >= 0.6 is 12.4 Å². The molecule has 1 aromatic rings. The SMILES string of the molecule is Cl.NC(CNC(=O)CN1C(=O)NC2(CCCC2)C1=O)c1ccccc1. The van der Waals surface area contributed by atoms with Gasteiger partial charge in [-0.05, 0) is 18.4 Å². The molecule has 0 bridgehead atoms. The fraction of sp³-hybridized carbons (Fsp3) is 0.471. The minimum atomic E-state index is -0.780. The summed E-state index contributed by atoms with van der Waals surface area (Å²) >= 11 is 0. The first kappa shape index (κ1) is 19.2. The van der Waals surface area contributed by atoms with Crippen molar-refractivity contribution >= 4 is 30.3 Å². The highest BCUT2D eigenvalue weighted by Gasteiger charge is 2.52. The minimum absolute atomic E-state index is 0. The summed E-state index contributed by atoms with van der Waals surface area (Å²) in [5.41, 5.74) is 6.16. The molecule has 3 rings (SSSR count). The van der Waals surface area contributed by atoms with Crippen LogP contribution in [0.5, 0.6) is 0 Å². The molecule has 1 aliphatic carbocycles. The Kier molecular flexibility index (Phi) is 6.02. The Bertz CT molecular complexity index is 647. The van der Waals surface area contributed by atoms with E-state index < -0.39 is 11.6 Å². The quantitative estimate of drug-likeness (QED) is 0.678. The Morgan fingerprint density at radius 3 is 2.52 bits per heavy atom. The first-order valence-electron chi connectivity index (χ1n) is 8.23. The van der Waals surface area contributed by atoms with Crippen LogP contribution in [0.25, 0.3) is 0 Å². The largest absolute Gasteiger partial charge is 0.353 e. The number of nitrogens with one attached hydrogen (secondary N) is 2. The predicted octanol–water partition coefficient (Wildman–Crippen LogP) is 1.09. The van der Waals surface area contributed by atoms with Gasteiger partial charge in [-0.1, -0.05) is 43.2 Å². The van der Waals surface area contributed by atoms with Gasteiger partial charge in [0, 0.05) is 12.6 Å². The lowest BCUT2D eigenvalue weighted by Crippen LogP contribution is -2.45. The second-order valence-corrected chi connectivity index (χ2v) is 6.43. The Morgan fingerprint density at radius 1 is 1.24 bits per heavy atom. The van der Waals surface area contributed by atoms with E-state index >= 15 is 0 Å². The van der Waals surface area contributed by atoms with Gasteiger partial charge in [-0.25, -0.2) is 4.79 Å². The van der Waals surface area contributed by atoms with Crippen molar-refractivity contribution in [3.63, 3.8) is 0 Å². The lowest BCUT2D eigenvalue weighted by atomic mass is 9.98. The second kappa shape index (κ2) is 7.84. The van der Waals surface area contributed by atoms with Crippen molar-refractivity contribution < 1.29 is 14.4 Å². The number of urea groups is 1. The summed E-state index contributed by atoms with van der Waals surface area (Å²) in [6.07, 6.45) is 3.12. The topological polar surface area (TPSA) is 105 Å².